The van der Waals surface area contributed by atoms with Crippen molar-refractivity contribution in [2.24, 2.45) is 0 Å². The van der Waals surface area contributed by atoms with Gasteiger partial charge in [0.1, 0.15) is 12.4 Å². The third-order valence-corrected chi connectivity index (χ3v) is 4.31. The Hall–Kier alpha value is -3.68. The van der Waals surface area contributed by atoms with Crippen molar-refractivity contribution in [1.82, 2.24) is 5.32 Å². The van der Waals surface area contributed by atoms with Gasteiger partial charge in [-0.05, 0) is 23.3 Å². The zero-order valence-corrected chi connectivity index (χ0v) is 18.2. The lowest BCUT2D eigenvalue weighted by molar-refractivity contribution is -0.147. The summed E-state index contributed by atoms with van der Waals surface area (Å²) < 4.78 is 15.4. The number of benzene rings is 2. The third-order valence-electron chi connectivity index (χ3n) is 4.31. The molecule has 8 heteroatoms. The second-order valence-corrected chi connectivity index (χ2v) is 7.16. The van der Waals surface area contributed by atoms with Crippen LogP contribution in [0.3, 0.4) is 0 Å². The number of hydrogen-bond acceptors (Lipinski definition) is 7. The minimum Gasteiger partial charge on any atom is -0.465 e. The predicted molar refractivity (Wildman–Crippen MR) is 115 cm³/mol. The van der Waals surface area contributed by atoms with E-state index in [1.54, 1.807) is 24.3 Å². The molecule has 0 saturated carbocycles. The third kappa shape index (κ3) is 9.88. The van der Waals surface area contributed by atoms with Crippen LogP contribution in [-0.2, 0) is 41.7 Å². The monoisotopic (exact) mass is 441 g/mol. The molecule has 1 atom stereocenters. The van der Waals surface area contributed by atoms with Crippen molar-refractivity contribution in [3.05, 3.63) is 65.7 Å². The molecule has 32 heavy (non-hydrogen) atoms. The number of ether oxygens (including phenoxy) is 3. The van der Waals surface area contributed by atoms with E-state index >= 15 is 0 Å². The summed E-state index contributed by atoms with van der Waals surface area (Å²) in [5.74, 6) is -1.36. The Bertz CT molecular complexity index is 910. The van der Waals surface area contributed by atoms with Crippen LogP contribution in [0, 0.1) is 0 Å². The second kappa shape index (κ2) is 12.9. The maximum Gasteiger partial charge on any atom is 0.308 e. The van der Waals surface area contributed by atoms with Crippen LogP contribution in [0.1, 0.15) is 37.8 Å². The normalized spacial score (nSPS) is 11.2. The van der Waals surface area contributed by atoms with E-state index in [4.69, 9.17) is 14.2 Å². The van der Waals surface area contributed by atoms with Gasteiger partial charge in [0.15, 0.2) is 0 Å². The Morgan fingerprint density at radius 2 is 1.44 bits per heavy atom. The average molecular weight is 441 g/mol. The molecule has 1 N–H and O–H groups in total. The first-order chi connectivity index (χ1) is 15.3. The van der Waals surface area contributed by atoms with E-state index < -0.39 is 23.9 Å². The lowest BCUT2D eigenvalue weighted by Crippen LogP contribution is -2.37. The predicted octanol–water partition coefficient (Wildman–Crippen LogP) is 2.73. The molecule has 0 fully saturated rings. The number of carbonyl (C=O) groups excluding carboxylic acids is 4. The van der Waals surface area contributed by atoms with E-state index in [-0.39, 0.29) is 32.0 Å². The SMILES string of the molecule is CC(=O)N[C@H](CC(=O)OCCc1ccc(OC(C)=O)cc1)CC(=O)OCc1ccccc1. The van der Waals surface area contributed by atoms with Crippen molar-refractivity contribution in [2.45, 2.75) is 45.8 Å². The molecule has 1 amide bonds. The first-order valence-corrected chi connectivity index (χ1v) is 10.2. The number of hydrogen-bond donors (Lipinski definition) is 1. The number of carbonyl (C=O) groups is 4. The van der Waals surface area contributed by atoms with Crippen LogP contribution < -0.4 is 10.1 Å². The summed E-state index contributed by atoms with van der Waals surface area (Å²) in [5.41, 5.74) is 1.74. The van der Waals surface area contributed by atoms with Gasteiger partial charge in [-0.15, -0.1) is 0 Å². The Balaban J connectivity index is 1.76. The highest BCUT2D eigenvalue weighted by Crippen LogP contribution is 2.13. The fourth-order valence-electron chi connectivity index (χ4n) is 2.89. The van der Waals surface area contributed by atoms with E-state index in [9.17, 15) is 19.2 Å². The van der Waals surface area contributed by atoms with Crippen LogP contribution in [0.25, 0.3) is 0 Å². The minimum absolute atomic E-state index is 0.118. The topological polar surface area (TPSA) is 108 Å². The van der Waals surface area contributed by atoms with Crippen LogP contribution in [0.4, 0.5) is 0 Å². The van der Waals surface area contributed by atoms with E-state index in [0.29, 0.717) is 12.2 Å². The maximum atomic E-state index is 12.2. The van der Waals surface area contributed by atoms with Crippen LogP contribution in [0.15, 0.2) is 54.6 Å². The highest BCUT2D eigenvalue weighted by molar-refractivity contribution is 5.78. The van der Waals surface area contributed by atoms with Crippen molar-refractivity contribution >= 4 is 23.8 Å². The maximum absolute atomic E-state index is 12.2. The Kier molecular flexibility index (Phi) is 9.90. The second-order valence-electron chi connectivity index (χ2n) is 7.16. The quantitative estimate of drug-likeness (QED) is 0.422. The fraction of sp³-hybridized carbons (Fsp3) is 0.333. The molecule has 0 radical (unpaired) electrons. The molecule has 0 aliphatic rings. The van der Waals surface area contributed by atoms with Gasteiger partial charge in [0.05, 0.1) is 19.4 Å². The molecule has 8 nitrogen and oxygen atoms in total. The highest BCUT2D eigenvalue weighted by Gasteiger charge is 2.20. The minimum atomic E-state index is -0.716. The standard InChI is InChI=1S/C24H27NO7/c1-17(26)25-21(15-24(29)31-16-20-6-4-3-5-7-20)14-23(28)30-13-12-19-8-10-22(11-9-19)32-18(2)27/h3-11,21H,12-16H2,1-2H3,(H,25,26)/t21-/m1/s1. The molecule has 2 aromatic carbocycles. The zero-order valence-electron chi connectivity index (χ0n) is 18.2. The molecule has 2 aromatic rings. The van der Waals surface area contributed by atoms with Gasteiger partial charge in [0, 0.05) is 26.3 Å². The van der Waals surface area contributed by atoms with Crippen molar-refractivity contribution in [1.29, 1.82) is 0 Å². The van der Waals surface area contributed by atoms with Crippen LogP contribution in [0.5, 0.6) is 5.75 Å². The summed E-state index contributed by atoms with van der Waals surface area (Å²) >= 11 is 0. The summed E-state index contributed by atoms with van der Waals surface area (Å²) in [6, 6.07) is 15.4. The number of nitrogens with one attached hydrogen (secondary N) is 1. The fourth-order valence-corrected chi connectivity index (χ4v) is 2.89. The number of rotatable bonds is 11. The molecule has 0 aliphatic carbocycles. The lowest BCUT2D eigenvalue weighted by atomic mass is 10.1. The summed E-state index contributed by atoms with van der Waals surface area (Å²) in [6.45, 7) is 2.89. The molecule has 0 heterocycles. The molecule has 0 aliphatic heterocycles. The van der Waals surface area contributed by atoms with Gasteiger partial charge >= 0.3 is 17.9 Å². The van der Waals surface area contributed by atoms with Gasteiger partial charge in [-0.1, -0.05) is 42.5 Å². The first kappa shape index (κ1) is 24.6. The molecular weight excluding hydrogens is 414 g/mol. The van der Waals surface area contributed by atoms with Crippen molar-refractivity contribution < 1.29 is 33.4 Å². The number of esters is 3. The molecule has 0 spiro atoms. The van der Waals surface area contributed by atoms with Crippen LogP contribution >= 0.6 is 0 Å². The van der Waals surface area contributed by atoms with E-state index in [2.05, 4.69) is 5.32 Å². The Morgan fingerprint density at radius 1 is 0.812 bits per heavy atom. The Morgan fingerprint density at radius 3 is 2.03 bits per heavy atom. The summed E-state index contributed by atoms with van der Waals surface area (Å²) in [5, 5.41) is 2.59. The van der Waals surface area contributed by atoms with E-state index in [1.165, 1.54) is 13.8 Å². The van der Waals surface area contributed by atoms with Crippen molar-refractivity contribution in [3.63, 3.8) is 0 Å². The largest absolute Gasteiger partial charge is 0.465 e. The van der Waals surface area contributed by atoms with Crippen LogP contribution in [-0.4, -0.2) is 36.5 Å². The zero-order chi connectivity index (χ0) is 23.3. The average Bonchev–Trinajstić information content (AvgIpc) is 2.73. The molecule has 0 bridgehead atoms. The smallest absolute Gasteiger partial charge is 0.308 e. The van der Waals surface area contributed by atoms with E-state index in [1.807, 2.05) is 30.3 Å². The van der Waals surface area contributed by atoms with Gasteiger partial charge in [-0.2, -0.15) is 0 Å². The number of amides is 1. The molecule has 170 valence electrons. The molecule has 2 rings (SSSR count). The van der Waals surface area contributed by atoms with Crippen molar-refractivity contribution in [3.8, 4) is 5.75 Å². The summed E-state index contributed by atoms with van der Waals surface area (Å²) in [6.07, 6.45) is 0.181. The summed E-state index contributed by atoms with van der Waals surface area (Å²) in [7, 11) is 0. The Labute approximate surface area is 186 Å². The van der Waals surface area contributed by atoms with Gasteiger partial charge < -0.3 is 19.5 Å². The lowest BCUT2D eigenvalue weighted by Gasteiger charge is -2.16. The molecule has 0 aromatic heterocycles. The molecular formula is C24H27NO7. The molecule has 0 saturated heterocycles. The highest BCUT2D eigenvalue weighted by atomic mass is 16.5. The van der Waals surface area contributed by atoms with E-state index in [0.717, 1.165) is 11.1 Å². The summed E-state index contributed by atoms with van der Waals surface area (Å²) in [4.78, 5) is 46.7. The molecule has 0 unspecified atom stereocenters. The van der Waals surface area contributed by atoms with Gasteiger partial charge in [0.25, 0.3) is 0 Å². The van der Waals surface area contributed by atoms with Crippen molar-refractivity contribution in [2.75, 3.05) is 6.61 Å². The van der Waals surface area contributed by atoms with Gasteiger partial charge in [-0.25, -0.2) is 0 Å². The van der Waals surface area contributed by atoms with Crippen LogP contribution in [0.2, 0.25) is 0 Å². The first-order valence-electron chi connectivity index (χ1n) is 10.2. The van der Waals surface area contributed by atoms with Gasteiger partial charge in [0.2, 0.25) is 5.91 Å². The van der Waals surface area contributed by atoms with Gasteiger partial charge in [-0.3, -0.25) is 19.2 Å².